The minimum atomic E-state index is -0.302. The van der Waals surface area contributed by atoms with Crippen LogP contribution in [0.5, 0.6) is 0 Å². The molecule has 1 aromatic heterocycles. The molecule has 0 spiro atoms. The highest BCUT2D eigenvalue weighted by atomic mass is 32.1. The molecule has 6 heteroatoms. The van der Waals surface area contributed by atoms with Crippen molar-refractivity contribution in [3.8, 4) is 0 Å². The van der Waals surface area contributed by atoms with Crippen LogP contribution < -0.4 is 11.1 Å². The van der Waals surface area contributed by atoms with Crippen LogP contribution in [0.3, 0.4) is 0 Å². The van der Waals surface area contributed by atoms with E-state index in [9.17, 15) is 4.79 Å². The largest absolute Gasteiger partial charge is 0.392 e. The molecular formula is C11H16N4OS. The molecule has 5 nitrogen and oxygen atoms in total. The molecule has 3 N–H and O–H groups in total. The van der Waals surface area contributed by atoms with Gasteiger partial charge >= 0.3 is 0 Å². The highest BCUT2D eigenvalue weighted by Crippen LogP contribution is 2.00. The van der Waals surface area contributed by atoms with Crippen molar-refractivity contribution in [3.63, 3.8) is 0 Å². The van der Waals surface area contributed by atoms with E-state index in [0.29, 0.717) is 4.99 Å². The van der Waals surface area contributed by atoms with Gasteiger partial charge in [-0.25, -0.2) is 4.98 Å². The van der Waals surface area contributed by atoms with E-state index in [4.69, 9.17) is 18.0 Å². The van der Waals surface area contributed by atoms with Crippen molar-refractivity contribution < 1.29 is 4.79 Å². The monoisotopic (exact) mass is 252 g/mol. The minimum Gasteiger partial charge on any atom is -0.392 e. The van der Waals surface area contributed by atoms with E-state index in [1.54, 1.807) is 6.20 Å². The third-order valence-electron chi connectivity index (χ3n) is 2.24. The number of nitrogens with one attached hydrogen (secondary N) is 1. The van der Waals surface area contributed by atoms with E-state index in [2.05, 4.69) is 15.3 Å². The number of rotatable bonds is 5. The second-order valence-electron chi connectivity index (χ2n) is 3.76. The fraction of sp³-hybridized carbons (Fsp3) is 0.455. The first kappa shape index (κ1) is 13.5. The fourth-order valence-corrected chi connectivity index (χ4v) is 1.49. The number of nitrogens with two attached hydrogens (primary N) is 1. The number of hydrogen-bond donors (Lipinski definition) is 2. The first-order valence-corrected chi connectivity index (χ1v) is 5.84. The first-order chi connectivity index (χ1) is 8.04. The number of thiocarbonyl (C=S) groups is 1. The van der Waals surface area contributed by atoms with Crippen LogP contribution in [0.1, 0.15) is 35.9 Å². The maximum Gasteiger partial charge on any atom is 0.272 e. The van der Waals surface area contributed by atoms with Gasteiger partial charge in [0, 0.05) is 6.20 Å². The lowest BCUT2D eigenvalue weighted by atomic mass is 10.1. The van der Waals surface area contributed by atoms with E-state index in [0.717, 1.165) is 18.5 Å². The number of hydrogen-bond acceptors (Lipinski definition) is 4. The van der Waals surface area contributed by atoms with E-state index < -0.39 is 0 Å². The molecule has 0 aromatic carbocycles. The van der Waals surface area contributed by atoms with Gasteiger partial charge in [0.1, 0.15) is 5.69 Å². The maximum atomic E-state index is 11.8. The van der Waals surface area contributed by atoms with Gasteiger partial charge in [-0.3, -0.25) is 9.78 Å². The molecule has 0 aliphatic carbocycles. The molecule has 0 fully saturated rings. The van der Waals surface area contributed by atoms with Crippen molar-refractivity contribution in [2.75, 3.05) is 0 Å². The molecule has 1 aromatic rings. The summed E-state index contributed by atoms with van der Waals surface area (Å²) in [6, 6.07) is -0.286. The normalized spacial score (nSPS) is 11.9. The molecule has 0 bridgehead atoms. The SMILES string of the molecule is CCCC(NC(=O)c1cnc(C)cn1)C(N)=S. The molecule has 0 saturated heterocycles. The Morgan fingerprint density at radius 3 is 2.71 bits per heavy atom. The van der Waals surface area contributed by atoms with Crippen LogP contribution in [0.4, 0.5) is 0 Å². The highest BCUT2D eigenvalue weighted by Gasteiger charge is 2.16. The number of amides is 1. The zero-order chi connectivity index (χ0) is 12.8. The molecular weight excluding hydrogens is 236 g/mol. The van der Waals surface area contributed by atoms with E-state index in [-0.39, 0.29) is 17.6 Å². The van der Waals surface area contributed by atoms with Crippen molar-refractivity contribution in [3.05, 3.63) is 23.8 Å². The minimum absolute atomic E-state index is 0.271. The zero-order valence-corrected chi connectivity index (χ0v) is 10.8. The standard InChI is InChI=1S/C11H16N4OS/c1-3-4-8(10(12)17)15-11(16)9-6-13-7(2)5-14-9/h5-6,8H,3-4H2,1-2H3,(H2,12,17)(H,15,16). The molecule has 92 valence electrons. The van der Waals surface area contributed by atoms with Crippen LogP contribution in [0, 0.1) is 6.92 Å². The Morgan fingerprint density at radius 2 is 2.24 bits per heavy atom. The van der Waals surface area contributed by atoms with E-state index in [1.807, 2.05) is 13.8 Å². The third-order valence-corrected chi connectivity index (χ3v) is 2.52. The fourth-order valence-electron chi connectivity index (χ4n) is 1.32. The van der Waals surface area contributed by atoms with Gasteiger partial charge in [0.2, 0.25) is 0 Å². The van der Waals surface area contributed by atoms with Crippen LogP contribution in [0.15, 0.2) is 12.4 Å². The number of nitrogens with zero attached hydrogens (tertiary/aromatic N) is 2. The van der Waals surface area contributed by atoms with Gasteiger partial charge in [-0.2, -0.15) is 0 Å². The quantitative estimate of drug-likeness (QED) is 0.763. The maximum absolute atomic E-state index is 11.8. The number of carbonyl (C=O) groups is 1. The summed E-state index contributed by atoms with van der Waals surface area (Å²) in [6.45, 7) is 3.81. The Hall–Kier alpha value is -1.56. The molecule has 1 atom stereocenters. The predicted octanol–water partition coefficient (Wildman–Crippen LogP) is 0.970. The van der Waals surface area contributed by atoms with Crippen LogP contribution in [-0.2, 0) is 0 Å². The summed E-state index contributed by atoms with van der Waals surface area (Å²) in [5.74, 6) is -0.302. The zero-order valence-electron chi connectivity index (χ0n) is 9.93. The van der Waals surface area contributed by atoms with E-state index in [1.165, 1.54) is 6.20 Å². The van der Waals surface area contributed by atoms with Crippen molar-refractivity contribution in [2.45, 2.75) is 32.7 Å². The molecule has 0 saturated carbocycles. The summed E-state index contributed by atoms with van der Waals surface area (Å²) in [6.07, 6.45) is 4.60. The topological polar surface area (TPSA) is 80.9 Å². The number of carbonyl (C=O) groups excluding carboxylic acids is 1. The van der Waals surface area contributed by atoms with Crippen molar-refractivity contribution >= 4 is 23.1 Å². The summed E-state index contributed by atoms with van der Waals surface area (Å²) in [7, 11) is 0. The highest BCUT2D eigenvalue weighted by molar-refractivity contribution is 7.80. The molecule has 1 amide bonds. The molecule has 1 rings (SSSR count). The van der Waals surface area contributed by atoms with Crippen LogP contribution in [-0.4, -0.2) is 26.9 Å². The average Bonchev–Trinajstić information content (AvgIpc) is 2.29. The lowest BCUT2D eigenvalue weighted by molar-refractivity contribution is 0.0940. The van der Waals surface area contributed by atoms with Crippen molar-refractivity contribution in [1.29, 1.82) is 0 Å². The molecule has 17 heavy (non-hydrogen) atoms. The third kappa shape index (κ3) is 4.07. The van der Waals surface area contributed by atoms with Gasteiger partial charge in [-0.1, -0.05) is 25.6 Å². The Morgan fingerprint density at radius 1 is 1.53 bits per heavy atom. The molecule has 0 aliphatic heterocycles. The molecule has 0 radical (unpaired) electrons. The van der Waals surface area contributed by atoms with E-state index >= 15 is 0 Å². The van der Waals surface area contributed by atoms with Gasteiger partial charge < -0.3 is 11.1 Å². The van der Waals surface area contributed by atoms with Crippen LogP contribution >= 0.6 is 12.2 Å². The van der Waals surface area contributed by atoms with Gasteiger partial charge in [-0.15, -0.1) is 0 Å². The lowest BCUT2D eigenvalue weighted by Gasteiger charge is -2.15. The van der Waals surface area contributed by atoms with Crippen molar-refractivity contribution in [1.82, 2.24) is 15.3 Å². The average molecular weight is 252 g/mol. The second-order valence-corrected chi connectivity index (χ2v) is 4.23. The lowest BCUT2D eigenvalue weighted by Crippen LogP contribution is -2.43. The Kier molecular flexibility index (Phi) is 4.96. The summed E-state index contributed by atoms with van der Waals surface area (Å²) < 4.78 is 0. The molecule has 0 aliphatic rings. The van der Waals surface area contributed by atoms with Crippen LogP contribution in [0.2, 0.25) is 0 Å². The number of aromatic nitrogens is 2. The number of aryl methyl sites for hydroxylation is 1. The first-order valence-electron chi connectivity index (χ1n) is 5.43. The summed E-state index contributed by atoms with van der Waals surface area (Å²) in [4.78, 5) is 20.1. The van der Waals surface area contributed by atoms with Gasteiger partial charge in [0.05, 0.1) is 22.9 Å². The second kappa shape index (κ2) is 6.24. The summed E-state index contributed by atoms with van der Waals surface area (Å²) in [5.41, 5.74) is 6.59. The van der Waals surface area contributed by atoms with Crippen molar-refractivity contribution in [2.24, 2.45) is 5.73 Å². The van der Waals surface area contributed by atoms with Crippen LogP contribution in [0.25, 0.3) is 0 Å². The smallest absolute Gasteiger partial charge is 0.272 e. The summed E-state index contributed by atoms with van der Waals surface area (Å²) >= 11 is 4.90. The molecule has 1 unspecified atom stereocenters. The van der Waals surface area contributed by atoms with Gasteiger partial charge in [0.25, 0.3) is 5.91 Å². The Balaban J connectivity index is 2.70. The predicted molar refractivity (Wildman–Crippen MR) is 69.7 cm³/mol. The van der Waals surface area contributed by atoms with Gasteiger partial charge in [-0.05, 0) is 13.3 Å². The Labute approximate surface area is 106 Å². The summed E-state index contributed by atoms with van der Waals surface area (Å²) in [5, 5.41) is 2.75. The Bertz CT molecular complexity index is 404. The molecule has 1 heterocycles. The van der Waals surface area contributed by atoms with Gasteiger partial charge in [0.15, 0.2) is 0 Å².